The van der Waals surface area contributed by atoms with Crippen LogP contribution in [0.1, 0.15) is 38.6 Å². The molecule has 1 heterocycles. The highest BCUT2D eigenvalue weighted by atomic mass is 16.4. The van der Waals surface area contributed by atoms with E-state index in [4.69, 9.17) is 5.11 Å². The van der Waals surface area contributed by atoms with Crippen LogP contribution >= 0.6 is 0 Å². The van der Waals surface area contributed by atoms with Crippen molar-refractivity contribution in [3.05, 3.63) is 30.1 Å². The molecule has 0 saturated heterocycles. The van der Waals surface area contributed by atoms with E-state index in [1.54, 1.807) is 0 Å². The average molecular weight is 246 g/mol. The van der Waals surface area contributed by atoms with E-state index >= 15 is 0 Å². The minimum atomic E-state index is -0.780. The fourth-order valence-corrected chi connectivity index (χ4v) is 2.16. The maximum atomic E-state index is 10.7. The number of carboxylic acids is 1. The molecule has 1 N–H and O–H groups in total. The molecule has 1 aromatic heterocycles. The molecule has 2 aromatic rings. The normalized spacial score (nSPS) is 12.8. The lowest BCUT2D eigenvalue weighted by atomic mass is 10.2. The van der Waals surface area contributed by atoms with Gasteiger partial charge >= 0.3 is 5.97 Å². The number of fused-ring (bicyclic) bond motifs is 1. The summed E-state index contributed by atoms with van der Waals surface area (Å²) in [4.78, 5) is 15.3. The van der Waals surface area contributed by atoms with Gasteiger partial charge in [0.1, 0.15) is 5.82 Å². The standard InChI is InChI=1S/C14H18N2O2/c1-3-10(2)16-12-7-5-4-6-11(12)15-13(16)8-9-14(17)18/h4-7,10H,3,8-9H2,1-2H3,(H,17,18). The van der Waals surface area contributed by atoms with E-state index in [1.165, 1.54) is 0 Å². The van der Waals surface area contributed by atoms with E-state index in [2.05, 4.69) is 23.4 Å². The van der Waals surface area contributed by atoms with Crippen molar-refractivity contribution in [2.45, 2.75) is 39.2 Å². The Kier molecular flexibility index (Phi) is 3.65. The number of rotatable bonds is 5. The minimum Gasteiger partial charge on any atom is -0.481 e. The van der Waals surface area contributed by atoms with Crippen molar-refractivity contribution in [3.8, 4) is 0 Å². The van der Waals surface area contributed by atoms with Crippen molar-refractivity contribution in [3.63, 3.8) is 0 Å². The van der Waals surface area contributed by atoms with Crippen LogP contribution in [-0.2, 0) is 11.2 Å². The molecule has 1 unspecified atom stereocenters. The zero-order chi connectivity index (χ0) is 13.1. The van der Waals surface area contributed by atoms with E-state index < -0.39 is 5.97 Å². The summed E-state index contributed by atoms with van der Waals surface area (Å²) < 4.78 is 2.16. The molecule has 4 heteroatoms. The molecule has 0 aliphatic carbocycles. The fraction of sp³-hybridized carbons (Fsp3) is 0.429. The van der Waals surface area contributed by atoms with Gasteiger partial charge in [-0.25, -0.2) is 4.98 Å². The van der Waals surface area contributed by atoms with Gasteiger partial charge in [0.25, 0.3) is 0 Å². The number of hydrogen-bond donors (Lipinski definition) is 1. The predicted octanol–water partition coefficient (Wildman–Crippen LogP) is 3.02. The van der Waals surface area contributed by atoms with Crippen molar-refractivity contribution in [2.24, 2.45) is 0 Å². The molecule has 0 fully saturated rings. The largest absolute Gasteiger partial charge is 0.481 e. The number of nitrogens with zero attached hydrogens (tertiary/aromatic N) is 2. The van der Waals surface area contributed by atoms with Crippen molar-refractivity contribution in [1.29, 1.82) is 0 Å². The highest BCUT2D eigenvalue weighted by Crippen LogP contribution is 2.23. The van der Waals surface area contributed by atoms with Crippen LogP contribution in [0.5, 0.6) is 0 Å². The van der Waals surface area contributed by atoms with Gasteiger partial charge in [0.2, 0.25) is 0 Å². The molecule has 0 aliphatic heterocycles. The molecule has 0 spiro atoms. The summed E-state index contributed by atoms with van der Waals surface area (Å²) in [6, 6.07) is 8.29. The lowest BCUT2D eigenvalue weighted by molar-refractivity contribution is -0.137. The number of imidazole rings is 1. The maximum Gasteiger partial charge on any atom is 0.303 e. The smallest absolute Gasteiger partial charge is 0.303 e. The molecular weight excluding hydrogens is 228 g/mol. The first-order valence-electron chi connectivity index (χ1n) is 6.31. The number of carbonyl (C=O) groups is 1. The van der Waals surface area contributed by atoms with Crippen molar-refractivity contribution >= 4 is 17.0 Å². The summed E-state index contributed by atoms with van der Waals surface area (Å²) in [5, 5.41) is 8.80. The van der Waals surface area contributed by atoms with Crippen LogP contribution in [0.25, 0.3) is 11.0 Å². The summed E-state index contributed by atoms with van der Waals surface area (Å²) in [6.45, 7) is 4.26. The number of carboxylic acid groups (broad SMARTS) is 1. The average Bonchev–Trinajstić information content (AvgIpc) is 2.73. The van der Waals surface area contributed by atoms with Gasteiger partial charge in [-0.3, -0.25) is 4.79 Å². The number of benzene rings is 1. The van der Waals surface area contributed by atoms with Gasteiger partial charge in [0, 0.05) is 12.5 Å². The van der Waals surface area contributed by atoms with E-state index in [-0.39, 0.29) is 6.42 Å². The molecule has 0 bridgehead atoms. The van der Waals surface area contributed by atoms with Crippen LogP contribution in [0.2, 0.25) is 0 Å². The van der Waals surface area contributed by atoms with E-state index in [0.29, 0.717) is 12.5 Å². The second kappa shape index (κ2) is 5.21. The third-order valence-corrected chi connectivity index (χ3v) is 3.26. The number of aromatic nitrogens is 2. The Morgan fingerprint density at radius 2 is 2.17 bits per heavy atom. The molecule has 1 aromatic carbocycles. The lowest BCUT2D eigenvalue weighted by Gasteiger charge is -2.15. The Morgan fingerprint density at radius 1 is 1.44 bits per heavy atom. The molecule has 0 radical (unpaired) electrons. The Bertz CT molecular complexity index is 560. The quantitative estimate of drug-likeness (QED) is 0.882. The van der Waals surface area contributed by atoms with Gasteiger partial charge < -0.3 is 9.67 Å². The summed E-state index contributed by atoms with van der Waals surface area (Å²) in [7, 11) is 0. The molecule has 0 amide bonds. The Labute approximate surface area is 106 Å². The summed E-state index contributed by atoms with van der Waals surface area (Å²) >= 11 is 0. The molecule has 0 saturated carbocycles. The summed E-state index contributed by atoms with van der Waals surface area (Å²) in [5.41, 5.74) is 2.03. The molecule has 18 heavy (non-hydrogen) atoms. The highest BCUT2D eigenvalue weighted by Gasteiger charge is 2.15. The minimum absolute atomic E-state index is 0.125. The first-order chi connectivity index (χ1) is 8.63. The van der Waals surface area contributed by atoms with E-state index in [9.17, 15) is 4.79 Å². The lowest BCUT2D eigenvalue weighted by Crippen LogP contribution is -2.10. The summed E-state index contributed by atoms with van der Waals surface area (Å²) in [5.74, 6) is 0.0886. The van der Waals surface area contributed by atoms with Crippen LogP contribution in [0.3, 0.4) is 0 Å². The fourth-order valence-electron chi connectivity index (χ4n) is 2.16. The van der Waals surface area contributed by atoms with Crippen molar-refractivity contribution in [1.82, 2.24) is 9.55 Å². The van der Waals surface area contributed by atoms with E-state index in [0.717, 1.165) is 23.3 Å². The van der Waals surface area contributed by atoms with Crippen LogP contribution < -0.4 is 0 Å². The second-order valence-electron chi connectivity index (χ2n) is 4.54. The van der Waals surface area contributed by atoms with Gasteiger partial charge in [-0.15, -0.1) is 0 Å². The number of hydrogen-bond acceptors (Lipinski definition) is 2. The molecule has 96 valence electrons. The first kappa shape index (κ1) is 12.6. The third kappa shape index (κ3) is 2.37. The topological polar surface area (TPSA) is 55.1 Å². The van der Waals surface area contributed by atoms with Crippen molar-refractivity contribution in [2.75, 3.05) is 0 Å². The monoisotopic (exact) mass is 246 g/mol. The van der Waals surface area contributed by atoms with Crippen LogP contribution in [0.15, 0.2) is 24.3 Å². The molecule has 0 aliphatic rings. The van der Waals surface area contributed by atoms with E-state index in [1.807, 2.05) is 24.3 Å². The highest BCUT2D eigenvalue weighted by molar-refractivity contribution is 5.76. The third-order valence-electron chi connectivity index (χ3n) is 3.26. The van der Waals surface area contributed by atoms with Crippen molar-refractivity contribution < 1.29 is 9.90 Å². The zero-order valence-electron chi connectivity index (χ0n) is 10.8. The summed E-state index contributed by atoms with van der Waals surface area (Å²) in [6.07, 6.45) is 1.61. The Hall–Kier alpha value is -1.84. The van der Waals surface area contributed by atoms with Gasteiger partial charge in [-0.2, -0.15) is 0 Å². The van der Waals surface area contributed by atoms with Crippen LogP contribution in [-0.4, -0.2) is 20.6 Å². The van der Waals surface area contributed by atoms with Gasteiger partial charge in [0.15, 0.2) is 0 Å². The number of para-hydroxylation sites is 2. The predicted molar refractivity (Wildman–Crippen MR) is 70.7 cm³/mol. The van der Waals surface area contributed by atoms with Gasteiger partial charge in [-0.05, 0) is 25.5 Å². The van der Waals surface area contributed by atoms with Crippen LogP contribution in [0.4, 0.5) is 0 Å². The number of aliphatic carboxylic acids is 1. The molecule has 1 atom stereocenters. The molecule has 4 nitrogen and oxygen atoms in total. The molecular formula is C14H18N2O2. The SMILES string of the molecule is CCC(C)n1c(CCC(=O)O)nc2ccccc21. The Balaban J connectivity index is 2.46. The maximum absolute atomic E-state index is 10.7. The van der Waals surface area contributed by atoms with Crippen LogP contribution in [0, 0.1) is 0 Å². The number of aryl methyl sites for hydroxylation is 1. The first-order valence-corrected chi connectivity index (χ1v) is 6.31. The Morgan fingerprint density at radius 3 is 2.83 bits per heavy atom. The molecule has 2 rings (SSSR count). The second-order valence-corrected chi connectivity index (χ2v) is 4.54. The van der Waals surface area contributed by atoms with Gasteiger partial charge in [0.05, 0.1) is 17.5 Å². The van der Waals surface area contributed by atoms with Gasteiger partial charge in [-0.1, -0.05) is 19.1 Å². The zero-order valence-corrected chi connectivity index (χ0v) is 10.8.